The minimum Gasteiger partial charge on any atom is -0.480 e. The molecular weight excluding hydrogens is 474 g/mol. The fraction of sp³-hybridized carbons (Fsp3) is 0.174. The number of aromatic nitrogens is 6. The Morgan fingerprint density at radius 2 is 2.09 bits per heavy atom. The first-order valence-corrected chi connectivity index (χ1v) is 10.9. The third kappa shape index (κ3) is 3.66. The molecule has 1 aliphatic rings. The highest BCUT2D eigenvalue weighted by atomic mass is 35.5. The van der Waals surface area contributed by atoms with Gasteiger partial charge in [0.1, 0.15) is 18.7 Å². The summed E-state index contributed by atoms with van der Waals surface area (Å²) in [5.74, 6) is -1.24. The molecule has 11 nitrogen and oxygen atoms in total. The van der Waals surface area contributed by atoms with Crippen molar-refractivity contribution in [3.8, 4) is 16.8 Å². The molecular formula is C23H18ClN7O4. The van der Waals surface area contributed by atoms with Crippen molar-refractivity contribution < 1.29 is 14.7 Å². The summed E-state index contributed by atoms with van der Waals surface area (Å²) >= 11 is 6.25. The average Bonchev–Trinajstić information content (AvgIpc) is 3.46. The topological polar surface area (TPSA) is 159 Å². The van der Waals surface area contributed by atoms with Crippen LogP contribution in [0.25, 0.3) is 16.8 Å². The number of aldehydes is 1. The number of carboxylic acids is 1. The smallest absolute Gasteiger partial charge is 0.327 e. The monoisotopic (exact) mass is 491 g/mol. The lowest BCUT2D eigenvalue weighted by Gasteiger charge is -2.31. The molecule has 0 spiro atoms. The number of pyridine rings is 2. The third-order valence-corrected chi connectivity index (χ3v) is 6.50. The second-order valence-corrected chi connectivity index (χ2v) is 8.72. The first-order chi connectivity index (χ1) is 16.8. The van der Waals surface area contributed by atoms with E-state index >= 15 is 0 Å². The summed E-state index contributed by atoms with van der Waals surface area (Å²) in [6, 6.07) is 9.98. The van der Waals surface area contributed by atoms with Crippen LogP contribution in [-0.2, 0) is 21.4 Å². The van der Waals surface area contributed by atoms with E-state index in [1.165, 1.54) is 27.8 Å². The Morgan fingerprint density at radius 1 is 1.26 bits per heavy atom. The van der Waals surface area contributed by atoms with Gasteiger partial charge in [-0.05, 0) is 52.4 Å². The SMILES string of the molecule is Nc1ccc(C2(CC=O)Cc3cc(-c4cc(Cl)ccc4-n4cnnn4)cc(=O)n3[C@@H]2C(=O)O)nc1. The summed E-state index contributed by atoms with van der Waals surface area (Å²) < 4.78 is 2.65. The Morgan fingerprint density at radius 3 is 2.74 bits per heavy atom. The number of fused-ring (bicyclic) bond motifs is 1. The van der Waals surface area contributed by atoms with Gasteiger partial charge in [-0.15, -0.1) is 5.10 Å². The van der Waals surface area contributed by atoms with Crippen molar-refractivity contribution in [2.45, 2.75) is 24.3 Å². The van der Waals surface area contributed by atoms with Gasteiger partial charge in [0.15, 0.2) is 0 Å². The standard InChI is InChI=1S/C23H18ClN7O4/c24-14-1-3-18(30-12-27-28-29-30)17(9-14)13-7-16-10-23(5-6-32,19-4-2-15(25)11-26-19)21(22(34)35)31(16)20(33)8-13/h1-4,6-9,11-12,21H,5,10,25H2,(H,34,35)/t21-,23?/m1/s1. The van der Waals surface area contributed by atoms with Crippen molar-refractivity contribution in [2.24, 2.45) is 0 Å². The van der Waals surface area contributed by atoms with Crippen LogP contribution in [0, 0.1) is 0 Å². The number of aliphatic carboxylic acids is 1. The van der Waals surface area contributed by atoms with E-state index in [0.717, 1.165) is 0 Å². The third-order valence-electron chi connectivity index (χ3n) is 6.27. The number of hydrogen-bond donors (Lipinski definition) is 2. The maximum atomic E-state index is 13.4. The summed E-state index contributed by atoms with van der Waals surface area (Å²) in [5.41, 5.74) is 6.85. The average molecular weight is 492 g/mol. The lowest BCUT2D eigenvalue weighted by Crippen LogP contribution is -2.41. The lowest BCUT2D eigenvalue weighted by atomic mass is 9.73. The summed E-state index contributed by atoms with van der Waals surface area (Å²) in [5, 5.41) is 21.9. The number of anilines is 1. The Labute approximate surface area is 202 Å². The number of carboxylic acid groups (broad SMARTS) is 1. The minimum absolute atomic E-state index is 0.101. The van der Waals surface area contributed by atoms with E-state index in [9.17, 15) is 19.5 Å². The molecule has 4 heterocycles. The van der Waals surface area contributed by atoms with Crippen molar-refractivity contribution >= 4 is 29.5 Å². The van der Waals surface area contributed by atoms with Gasteiger partial charge in [0.25, 0.3) is 5.56 Å². The quantitative estimate of drug-likeness (QED) is 0.383. The van der Waals surface area contributed by atoms with Crippen LogP contribution in [0.5, 0.6) is 0 Å². The molecule has 1 unspecified atom stereocenters. The molecule has 0 saturated carbocycles. The zero-order valence-electron chi connectivity index (χ0n) is 18.1. The molecule has 0 saturated heterocycles. The molecule has 2 atom stereocenters. The van der Waals surface area contributed by atoms with Crippen molar-refractivity contribution in [2.75, 3.05) is 5.73 Å². The Bertz CT molecular complexity index is 1500. The zero-order chi connectivity index (χ0) is 24.7. The molecule has 3 N–H and O–H groups in total. The Balaban J connectivity index is 1.72. The first-order valence-electron chi connectivity index (χ1n) is 10.5. The molecule has 4 aromatic rings. The van der Waals surface area contributed by atoms with E-state index in [1.54, 1.807) is 36.4 Å². The highest BCUT2D eigenvalue weighted by Gasteiger charge is 2.52. The van der Waals surface area contributed by atoms with Crippen LogP contribution >= 0.6 is 11.6 Å². The van der Waals surface area contributed by atoms with Gasteiger partial charge in [0.05, 0.1) is 28.7 Å². The molecule has 3 aromatic heterocycles. The van der Waals surface area contributed by atoms with Crippen LogP contribution in [0.3, 0.4) is 0 Å². The molecule has 0 bridgehead atoms. The first kappa shape index (κ1) is 22.4. The van der Waals surface area contributed by atoms with Gasteiger partial charge in [-0.25, -0.2) is 4.79 Å². The van der Waals surface area contributed by atoms with Crippen molar-refractivity contribution in [3.63, 3.8) is 0 Å². The summed E-state index contributed by atoms with van der Waals surface area (Å²) in [6.07, 6.45) is 3.42. The largest absolute Gasteiger partial charge is 0.480 e. The predicted molar refractivity (Wildman–Crippen MR) is 125 cm³/mol. The second kappa shape index (κ2) is 8.44. The van der Waals surface area contributed by atoms with Gasteiger partial charge in [-0.1, -0.05) is 11.6 Å². The normalized spacial score (nSPS) is 18.8. The van der Waals surface area contributed by atoms with Gasteiger partial charge in [0.2, 0.25) is 0 Å². The number of tetrazole rings is 1. The molecule has 35 heavy (non-hydrogen) atoms. The number of nitrogens with zero attached hydrogens (tertiary/aromatic N) is 6. The van der Waals surface area contributed by atoms with Crippen LogP contribution in [0.1, 0.15) is 23.9 Å². The van der Waals surface area contributed by atoms with Gasteiger partial charge < -0.3 is 15.6 Å². The molecule has 1 aliphatic heterocycles. The maximum absolute atomic E-state index is 13.4. The van der Waals surface area contributed by atoms with Crippen LogP contribution in [0.2, 0.25) is 5.02 Å². The van der Waals surface area contributed by atoms with Crippen molar-refractivity contribution in [3.05, 3.63) is 81.8 Å². The number of hydrogen-bond acceptors (Lipinski definition) is 8. The van der Waals surface area contributed by atoms with Crippen LogP contribution in [0.4, 0.5) is 5.69 Å². The van der Waals surface area contributed by atoms with E-state index in [2.05, 4.69) is 20.5 Å². The fourth-order valence-corrected chi connectivity index (χ4v) is 4.98. The Kier molecular flexibility index (Phi) is 5.40. The van der Waals surface area contributed by atoms with Crippen LogP contribution in [0.15, 0.2) is 59.8 Å². The van der Waals surface area contributed by atoms with Gasteiger partial charge in [-0.2, -0.15) is 4.68 Å². The number of nitrogens with two attached hydrogens (primary N) is 1. The number of carbonyl (C=O) groups excluding carboxylic acids is 1. The molecule has 0 fully saturated rings. The highest BCUT2D eigenvalue weighted by Crippen LogP contribution is 2.46. The second-order valence-electron chi connectivity index (χ2n) is 8.28. The molecule has 1 aromatic carbocycles. The maximum Gasteiger partial charge on any atom is 0.327 e. The van der Waals surface area contributed by atoms with Gasteiger partial charge in [-0.3, -0.25) is 14.3 Å². The van der Waals surface area contributed by atoms with E-state index in [1.807, 2.05) is 0 Å². The van der Waals surface area contributed by atoms with Gasteiger partial charge in [0, 0.05) is 35.2 Å². The fourth-order valence-electron chi connectivity index (χ4n) is 4.81. The Hall–Kier alpha value is -4.38. The lowest BCUT2D eigenvalue weighted by molar-refractivity contribution is -0.143. The number of carbonyl (C=O) groups is 2. The molecule has 5 rings (SSSR count). The number of rotatable bonds is 6. The van der Waals surface area contributed by atoms with Crippen molar-refractivity contribution in [1.29, 1.82) is 0 Å². The van der Waals surface area contributed by atoms with E-state index in [4.69, 9.17) is 17.3 Å². The summed E-state index contributed by atoms with van der Waals surface area (Å²) in [6.45, 7) is 0. The van der Waals surface area contributed by atoms with Crippen molar-refractivity contribution in [1.82, 2.24) is 29.8 Å². The summed E-state index contributed by atoms with van der Waals surface area (Å²) in [7, 11) is 0. The minimum atomic E-state index is -1.33. The number of benzene rings is 1. The van der Waals surface area contributed by atoms with Gasteiger partial charge >= 0.3 is 5.97 Å². The molecule has 176 valence electrons. The molecule has 0 radical (unpaired) electrons. The number of nitrogen functional groups attached to an aromatic ring is 1. The van der Waals surface area contributed by atoms with E-state index in [-0.39, 0.29) is 12.8 Å². The van der Waals surface area contributed by atoms with E-state index < -0.39 is 23.0 Å². The number of halogens is 1. The predicted octanol–water partition coefficient (Wildman–Crippen LogP) is 1.83. The zero-order valence-corrected chi connectivity index (χ0v) is 18.8. The van der Waals surface area contributed by atoms with Crippen LogP contribution in [-0.4, -0.2) is 47.1 Å². The summed E-state index contributed by atoms with van der Waals surface area (Å²) in [4.78, 5) is 41.9. The molecule has 0 aliphatic carbocycles. The molecule has 12 heteroatoms. The highest BCUT2D eigenvalue weighted by molar-refractivity contribution is 6.31. The molecule has 0 amide bonds. The van der Waals surface area contributed by atoms with E-state index in [0.29, 0.717) is 45.2 Å². The van der Waals surface area contributed by atoms with Crippen LogP contribution < -0.4 is 11.3 Å².